The van der Waals surface area contributed by atoms with E-state index in [0.717, 1.165) is 52.4 Å². The summed E-state index contributed by atoms with van der Waals surface area (Å²) in [5.41, 5.74) is 3.70. The van der Waals surface area contributed by atoms with Crippen LogP contribution in [0.1, 0.15) is 10.4 Å². The molecule has 6 heteroatoms. The Morgan fingerprint density at radius 2 is 1.69 bits per heavy atom. The number of anilines is 1. The highest BCUT2D eigenvalue weighted by Crippen LogP contribution is 2.36. The summed E-state index contributed by atoms with van der Waals surface area (Å²) in [6.07, 6.45) is 1.81. The van der Waals surface area contributed by atoms with Crippen LogP contribution >= 0.6 is 0 Å². The van der Waals surface area contributed by atoms with Crippen LogP contribution in [0.25, 0.3) is 22.2 Å². The second kappa shape index (κ2) is 8.38. The van der Waals surface area contributed by atoms with Crippen LogP contribution in [0.3, 0.4) is 0 Å². The number of hydrogen-bond donors (Lipinski definition) is 0. The molecule has 5 rings (SSSR count). The highest BCUT2D eigenvalue weighted by molar-refractivity contribution is 6.13. The van der Waals surface area contributed by atoms with Crippen molar-refractivity contribution in [3.8, 4) is 17.0 Å². The molecule has 32 heavy (non-hydrogen) atoms. The number of rotatable bonds is 4. The van der Waals surface area contributed by atoms with Crippen molar-refractivity contribution in [3.63, 3.8) is 0 Å². The monoisotopic (exact) mass is 426 g/mol. The number of fused-ring (bicyclic) bond motifs is 1. The average molecular weight is 427 g/mol. The van der Waals surface area contributed by atoms with E-state index in [1.165, 1.54) is 0 Å². The molecule has 1 saturated heterocycles. The molecule has 0 radical (unpaired) electrons. The fraction of sp³-hybridized carbons (Fsp3) is 0.231. The molecular formula is C26H26N4O2. The number of piperazine rings is 1. The number of nitrogens with zero attached hydrogens (tertiary/aromatic N) is 4. The lowest BCUT2D eigenvalue weighted by molar-refractivity contribution is 0.0749. The van der Waals surface area contributed by atoms with E-state index in [9.17, 15) is 4.79 Å². The van der Waals surface area contributed by atoms with Crippen molar-refractivity contribution in [2.75, 3.05) is 38.2 Å². The van der Waals surface area contributed by atoms with Crippen LogP contribution in [0, 0.1) is 0 Å². The van der Waals surface area contributed by atoms with E-state index in [2.05, 4.69) is 26.6 Å². The summed E-state index contributed by atoms with van der Waals surface area (Å²) >= 11 is 0. The maximum absolute atomic E-state index is 13.9. The molecule has 2 aromatic carbocycles. The third kappa shape index (κ3) is 3.47. The minimum Gasteiger partial charge on any atom is -0.497 e. The van der Waals surface area contributed by atoms with Gasteiger partial charge >= 0.3 is 0 Å². The SMILES string of the molecule is COc1ccc2c(C(=O)N3CCN(c4ccccn4)CC3)c(-c3ccccc3)n(C)c2c1. The van der Waals surface area contributed by atoms with Gasteiger partial charge in [0.15, 0.2) is 0 Å². The zero-order valence-corrected chi connectivity index (χ0v) is 18.4. The molecule has 1 aliphatic rings. The molecule has 6 nitrogen and oxygen atoms in total. The topological polar surface area (TPSA) is 50.6 Å². The van der Waals surface area contributed by atoms with Crippen molar-refractivity contribution in [2.45, 2.75) is 0 Å². The van der Waals surface area contributed by atoms with Crippen LogP contribution in [0.2, 0.25) is 0 Å². The molecule has 0 spiro atoms. The van der Waals surface area contributed by atoms with Gasteiger partial charge in [-0.3, -0.25) is 4.79 Å². The number of pyridine rings is 1. The van der Waals surface area contributed by atoms with Gasteiger partial charge in [0.05, 0.1) is 23.9 Å². The first-order chi connectivity index (χ1) is 15.7. The number of aryl methyl sites for hydroxylation is 1. The molecule has 0 saturated carbocycles. The maximum atomic E-state index is 13.9. The van der Waals surface area contributed by atoms with Crippen LogP contribution in [0.15, 0.2) is 72.9 Å². The molecule has 1 aliphatic heterocycles. The normalized spacial score (nSPS) is 14.1. The zero-order valence-electron chi connectivity index (χ0n) is 18.4. The van der Waals surface area contributed by atoms with E-state index in [4.69, 9.17) is 4.74 Å². The van der Waals surface area contributed by atoms with Crippen molar-refractivity contribution in [3.05, 3.63) is 78.5 Å². The molecule has 3 heterocycles. The molecular weight excluding hydrogens is 400 g/mol. The second-order valence-electron chi connectivity index (χ2n) is 8.00. The minimum atomic E-state index is 0.0697. The smallest absolute Gasteiger partial charge is 0.256 e. The molecule has 0 N–H and O–H groups in total. The fourth-order valence-electron chi connectivity index (χ4n) is 4.53. The molecule has 162 valence electrons. The Balaban J connectivity index is 1.52. The summed E-state index contributed by atoms with van der Waals surface area (Å²) in [5.74, 6) is 1.81. The Morgan fingerprint density at radius 3 is 2.38 bits per heavy atom. The number of aromatic nitrogens is 2. The van der Waals surface area contributed by atoms with Gasteiger partial charge in [0.2, 0.25) is 0 Å². The van der Waals surface area contributed by atoms with E-state index in [-0.39, 0.29) is 5.91 Å². The summed E-state index contributed by atoms with van der Waals surface area (Å²) in [6.45, 7) is 2.86. The van der Waals surface area contributed by atoms with Crippen LogP contribution in [0.5, 0.6) is 5.75 Å². The van der Waals surface area contributed by atoms with Gasteiger partial charge < -0.3 is 19.1 Å². The van der Waals surface area contributed by atoms with Gasteiger partial charge in [0, 0.05) is 50.9 Å². The predicted octanol–water partition coefficient (Wildman–Crippen LogP) is 4.21. The van der Waals surface area contributed by atoms with E-state index in [1.807, 2.05) is 72.7 Å². The Labute approximate surface area is 187 Å². The van der Waals surface area contributed by atoms with Crippen molar-refractivity contribution in [2.24, 2.45) is 7.05 Å². The molecule has 0 unspecified atom stereocenters. The third-order valence-corrected chi connectivity index (χ3v) is 6.21. The summed E-state index contributed by atoms with van der Waals surface area (Å²) in [7, 11) is 3.68. The van der Waals surface area contributed by atoms with E-state index in [0.29, 0.717) is 13.1 Å². The van der Waals surface area contributed by atoms with Crippen molar-refractivity contribution in [1.29, 1.82) is 0 Å². The van der Waals surface area contributed by atoms with Crippen LogP contribution < -0.4 is 9.64 Å². The molecule has 2 aromatic heterocycles. The summed E-state index contributed by atoms with van der Waals surface area (Å²) < 4.78 is 7.54. The number of benzene rings is 2. The Kier molecular flexibility index (Phi) is 5.27. The van der Waals surface area contributed by atoms with Crippen LogP contribution in [0.4, 0.5) is 5.82 Å². The Morgan fingerprint density at radius 1 is 0.938 bits per heavy atom. The highest BCUT2D eigenvalue weighted by Gasteiger charge is 2.29. The van der Waals surface area contributed by atoms with Gasteiger partial charge in [-0.05, 0) is 29.8 Å². The first kappa shape index (κ1) is 20.1. The van der Waals surface area contributed by atoms with Gasteiger partial charge in [0.25, 0.3) is 5.91 Å². The number of carbonyl (C=O) groups excluding carboxylic acids is 1. The highest BCUT2D eigenvalue weighted by atomic mass is 16.5. The number of amides is 1. The largest absolute Gasteiger partial charge is 0.497 e. The number of carbonyl (C=O) groups is 1. The molecule has 4 aromatic rings. The van der Waals surface area contributed by atoms with Crippen molar-refractivity contribution >= 4 is 22.6 Å². The first-order valence-electron chi connectivity index (χ1n) is 10.8. The van der Waals surface area contributed by atoms with E-state index in [1.54, 1.807) is 7.11 Å². The van der Waals surface area contributed by atoms with Gasteiger partial charge in [-0.2, -0.15) is 0 Å². The second-order valence-corrected chi connectivity index (χ2v) is 8.00. The predicted molar refractivity (Wildman–Crippen MR) is 127 cm³/mol. The van der Waals surface area contributed by atoms with E-state index < -0.39 is 0 Å². The number of methoxy groups -OCH3 is 1. The number of hydrogen-bond acceptors (Lipinski definition) is 4. The lowest BCUT2D eigenvalue weighted by atomic mass is 10.0. The van der Waals surface area contributed by atoms with Gasteiger partial charge in [-0.15, -0.1) is 0 Å². The number of ether oxygens (including phenoxy) is 1. The first-order valence-corrected chi connectivity index (χ1v) is 10.8. The Bertz CT molecular complexity index is 1240. The summed E-state index contributed by atoms with van der Waals surface area (Å²) in [6, 6.07) is 22.0. The average Bonchev–Trinajstić information content (AvgIpc) is 3.16. The van der Waals surface area contributed by atoms with Crippen molar-refractivity contribution in [1.82, 2.24) is 14.5 Å². The summed E-state index contributed by atoms with van der Waals surface area (Å²) in [4.78, 5) is 22.5. The quantitative estimate of drug-likeness (QED) is 0.491. The zero-order chi connectivity index (χ0) is 22.1. The Hall–Kier alpha value is -3.80. The van der Waals surface area contributed by atoms with Gasteiger partial charge in [-0.1, -0.05) is 36.4 Å². The third-order valence-electron chi connectivity index (χ3n) is 6.21. The van der Waals surface area contributed by atoms with Crippen LogP contribution in [-0.4, -0.2) is 53.6 Å². The maximum Gasteiger partial charge on any atom is 0.256 e. The lowest BCUT2D eigenvalue weighted by Gasteiger charge is -2.35. The fourth-order valence-corrected chi connectivity index (χ4v) is 4.53. The lowest BCUT2D eigenvalue weighted by Crippen LogP contribution is -2.49. The molecule has 1 amide bonds. The minimum absolute atomic E-state index is 0.0697. The molecule has 0 atom stereocenters. The standard InChI is InChI=1S/C26H26N4O2/c1-28-22-18-20(32-2)11-12-21(22)24(25(28)19-8-4-3-5-9-19)26(31)30-16-14-29(15-17-30)23-10-6-7-13-27-23/h3-13,18H,14-17H2,1-2H3. The van der Waals surface area contributed by atoms with Gasteiger partial charge in [-0.25, -0.2) is 4.98 Å². The van der Waals surface area contributed by atoms with Gasteiger partial charge in [0.1, 0.15) is 11.6 Å². The van der Waals surface area contributed by atoms with Crippen molar-refractivity contribution < 1.29 is 9.53 Å². The molecule has 0 aliphatic carbocycles. The molecule has 1 fully saturated rings. The summed E-state index contributed by atoms with van der Waals surface area (Å²) in [5, 5.41) is 0.948. The van der Waals surface area contributed by atoms with Crippen LogP contribution in [-0.2, 0) is 7.05 Å². The van der Waals surface area contributed by atoms with E-state index >= 15 is 0 Å². The molecule has 0 bridgehead atoms.